The van der Waals surface area contributed by atoms with Crippen LogP contribution in [0.2, 0.25) is 0 Å². The van der Waals surface area contributed by atoms with Gasteiger partial charge >= 0.3 is 0 Å². The molecule has 0 radical (unpaired) electrons. The van der Waals surface area contributed by atoms with Crippen molar-refractivity contribution in [3.8, 4) is 11.5 Å². The highest BCUT2D eigenvalue weighted by Gasteiger charge is 2.23. The molecule has 1 atom stereocenters. The molecule has 2 heterocycles. The fraction of sp³-hybridized carbons (Fsp3) is 0.263. The third-order valence-corrected chi connectivity index (χ3v) is 4.25. The molecule has 1 fully saturated rings. The van der Waals surface area contributed by atoms with E-state index in [1.807, 2.05) is 49.4 Å². The van der Waals surface area contributed by atoms with Crippen LogP contribution in [0.5, 0.6) is 0 Å². The number of oxazole rings is 1. The monoisotopic (exact) mass is 322 g/mol. The molecule has 1 aliphatic rings. The van der Waals surface area contributed by atoms with Gasteiger partial charge in [0.25, 0.3) is 5.91 Å². The van der Waals surface area contributed by atoms with Crippen LogP contribution in [0.4, 0.5) is 5.69 Å². The first-order valence-corrected chi connectivity index (χ1v) is 8.10. The number of aryl methyl sites for hydroxylation is 1. The van der Waals surface area contributed by atoms with E-state index in [1.165, 1.54) is 0 Å². The maximum Gasteiger partial charge on any atom is 0.253 e. The molecular formula is C19H18N2O3. The van der Waals surface area contributed by atoms with E-state index >= 15 is 0 Å². The van der Waals surface area contributed by atoms with Crippen molar-refractivity contribution < 1.29 is 13.9 Å². The van der Waals surface area contributed by atoms with Gasteiger partial charge in [-0.15, -0.1) is 0 Å². The number of carbonyl (C=O) groups excluding carboxylic acids is 1. The second-order valence-corrected chi connectivity index (χ2v) is 6.01. The van der Waals surface area contributed by atoms with Gasteiger partial charge in [-0.2, -0.15) is 0 Å². The number of benzene rings is 2. The summed E-state index contributed by atoms with van der Waals surface area (Å²) in [6.07, 6.45) is 1.36. The van der Waals surface area contributed by atoms with E-state index in [-0.39, 0.29) is 12.0 Å². The molecule has 3 aromatic rings. The summed E-state index contributed by atoms with van der Waals surface area (Å²) >= 11 is 0. The van der Waals surface area contributed by atoms with Gasteiger partial charge in [-0.25, -0.2) is 4.98 Å². The Morgan fingerprint density at radius 1 is 1.25 bits per heavy atom. The molecule has 4 rings (SSSR count). The molecule has 0 bridgehead atoms. The highest BCUT2D eigenvalue weighted by Crippen LogP contribution is 2.28. The zero-order chi connectivity index (χ0) is 16.5. The number of hydrogen-bond acceptors (Lipinski definition) is 4. The topological polar surface area (TPSA) is 64.4 Å². The standard InChI is InChI=1S/C19H18N2O3/c1-12-5-2-3-6-14(12)19-21-15-11-13(8-9-16(15)24-19)20-18(22)17-7-4-10-23-17/h2-3,5-6,8-9,11,17H,4,7,10H2,1H3,(H,20,22)/t17-/m0/s1. The molecule has 1 aliphatic heterocycles. The number of fused-ring (bicyclic) bond motifs is 1. The Bertz CT molecular complexity index is 895. The first-order chi connectivity index (χ1) is 11.7. The summed E-state index contributed by atoms with van der Waals surface area (Å²) in [5.41, 5.74) is 4.20. The summed E-state index contributed by atoms with van der Waals surface area (Å²) in [7, 11) is 0. The number of ether oxygens (including phenoxy) is 1. The third-order valence-electron chi connectivity index (χ3n) is 4.25. The van der Waals surface area contributed by atoms with Crippen LogP contribution < -0.4 is 5.32 Å². The predicted octanol–water partition coefficient (Wildman–Crippen LogP) is 3.92. The van der Waals surface area contributed by atoms with E-state index in [0.717, 1.165) is 29.5 Å². The van der Waals surface area contributed by atoms with E-state index in [0.29, 0.717) is 23.8 Å². The van der Waals surface area contributed by atoms with Gasteiger partial charge in [0, 0.05) is 17.9 Å². The Kier molecular flexibility index (Phi) is 3.78. The van der Waals surface area contributed by atoms with Crippen molar-refractivity contribution in [2.24, 2.45) is 0 Å². The molecule has 1 saturated heterocycles. The molecule has 2 aromatic carbocycles. The van der Waals surface area contributed by atoms with Crippen molar-refractivity contribution >= 4 is 22.7 Å². The summed E-state index contributed by atoms with van der Waals surface area (Å²) in [6, 6.07) is 13.4. The summed E-state index contributed by atoms with van der Waals surface area (Å²) in [5.74, 6) is 0.486. The normalized spacial score (nSPS) is 17.3. The van der Waals surface area contributed by atoms with Crippen molar-refractivity contribution in [2.75, 3.05) is 11.9 Å². The third kappa shape index (κ3) is 2.78. The summed E-state index contributed by atoms with van der Waals surface area (Å²) in [4.78, 5) is 16.7. The Labute approximate surface area is 139 Å². The number of anilines is 1. The van der Waals surface area contributed by atoms with Crippen molar-refractivity contribution in [2.45, 2.75) is 25.9 Å². The number of nitrogens with zero attached hydrogens (tertiary/aromatic N) is 1. The Hall–Kier alpha value is -2.66. The number of carbonyl (C=O) groups is 1. The SMILES string of the molecule is Cc1ccccc1-c1nc2cc(NC(=O)[C@@H]3CCCO3)ccc2o1. The quantitative estimate of drug-likeness (QED) is 0.794. The van der Waals surface area contributed by atoms with Gasteiger partial charge in [0.1, 0.15) is 11.6 Å². The van der Waals surface area contributed by atoms with Gasteiger partial charge in [0.2, 0.25) is 5.89 Å². The van der Waals surface area contributed by atoms with Crippen LogP contribution in [0.25, 0.3) is 22.6 Å². The lowest BCUT2D eigenvalue weighted by Gasteiger charge is -2.09. The average molecular weight is 322 g/mol. The summed E-state index contributed by atoms with van der Waals surface area (Å²) in [5, 5.41) is 2.89. The predicted molar refractivity (Wildman–Crippen MR) is 91.8 cm³/mol. The molecule has 5 heteroatoms. The second-order valence-electron chi connectivity index (χ2n) is 6.01. The molecule has 0 aliphatic carbocycles. The highest BCUT2D eigenvalue weighted by atomic mass is 16.5. The minimum Gasteiger partial charge on any atom is -0.436 e. The fourth-order valence-corrected chi connectivity index (χ4v) is 2.94. The van der Waals surface area contributed by atoms with Crippen LogP contribution >= 0.6 is 0 Å². The lowest BCUT2D eigenvalue weighted by molar-refractivity contribution is -0.124. The Morgan fingerprint density at radius 3 is 2.92 bits per heavy atom. The van der Waals surface area contributed by atoms with Gasteiger partial charge in [-0.3, -0.25) is 4.79 Å². The van der Waals surface area contributed by atoms with Crippen LogP contribution in [-0.2, 0) is 9.53 Å². The number of aromatic nitrogens is 1. The van der Waals surface area contributed by atoms with Gasteiger partial charge in [0.05, 0.1) is 0 Å². The highest BCUT2D eigenvalue weighted by molar-refractivity contribution is 5.96. The smallest absolute Gasteiger partial charge is 0.253 e. The van der Waals surface area contributed by atoms with Gasteiger partial charge in [-0.05, 0) is 49.6 Å². The van der Waals surface area contributed by atoms with Crippen molar-refractivity contribution in [3.05, 3.63) is 48.0 Å². The van der Waals surface area contributed by atoms with Crippen LogP contribution in [0.3, 0.4) is 0 Å². The minimum absolute atomic E-state index is 0.102. The maximum atomic E-state index is 12.1. The van der Waals surface area contributed by atoms with Crippen molar-refractivity contribution in [1.29, 1.82) is 0 Å². The largest absolute Gasteiger partial charge is 0.436 e. The van der Waals surface area contributed by atoms with E-state index in [4.69, 9.17) is 9.15 Å². The van der Waals surface area contributed by atoms with Gasteiger partial charge in [0.15, 0.2) is 5.58 Å². The molecule has 5 nitrogen and oxygen atoms in total. The van der Waals surface area contributed by atoms with Gasteiger partial charge in [-0.1, -0.05) is 18.2 Å². The Balaban J connectivity index is 1.61. The number of rotatable bonds is 3. The molecule has 0 saturated carbocycles. The van der Waals surface area contributed by atoms with Crippen LogP contribution in [0.1, 0.15) is 18.4 Å². The molecule has 1 aromatic heterocycles. The lowest BCUT2D eigenvalue weighted by Crippen LogP contribution is -2.26. The molecule has 1 N–H and O–H groups in total. The van der Waals surface area contributed by atoms with Crippen LogP contribution in [0.15, 0.2) is 46.9 Å². The van der Waals surface area contributed by atoms with Crippen molar-refractivity contribution in [3.63, 3.8) is 0 Å². The van der Waals surface area contributed by atoms with Crippen LogP contribution in [0, 0.1) is 6.92 Å². The average Bonchev–Trinajstić information content (AvgIpc) is 3.24. The molecule has 24 heavy (non-hydrogen) atoms. The van der Waals surface area contributed by atoms with Crippen LogP contribution in [-0.4, -0.2) is 23.6 Å². The number of hydrogen-bond donors (Lipinski definition) is 1. The summed E-state index contributed by atoms with van der Waals surface area (Å²) < 4.78 is 11.2. The molecule has 0 spiro atoms. The first kappa shape index (κ1) is 14.9. The van der Waals surface area contributed by atoms with Crippen molar-refractivity contribution in [1.82, 2.24) is 4.98 Å². The molecule has 122 valence electrons. The zero-order valence-corrected chi connectivity index (χ0v) is 13.4. The molecule has 0 unspecified atom stereocenters. The molecular weight excluding hydrogens is 304 g/mol. The lowest BCUT2D eigenvalue weighted by atomic mass is 10.1. The number of amides is 1. The number of nitrogens with one attached hydrogen (secondary N) is 1. The molecule has 1 amide bonds. The first-order valence-electron chi connectivity index (χ1n) is 8.10. The summed E-state index contributed by atoms with van der Waals surface area (Å²) in [6.45, 7) is 2.68. The fourth-order valence-electron chi connectivity index (χ4n) is 2.94. The zero-order valence-electron chi connectivity index (χ0n) is 13.4. The van der Waals surface area contributed by atoms with E-state index < -0.39 is 0 Å². The van der Waals surface area contributed by atoms with Gasteiger partial charge < -0.3 is 14.5 Å². The Morgan fingerprint density at radius 2 is 2.12 bits per heavy atom. The van der Waals surface area contributed by atoms with E-state index in [2.05, 4.69) is 10.3 Å². The second kappa shape index (κ2) is 6.09. The minimum atomic E-state index is -0.347. The van der Waals surface area contributed by atoms with E-state index in [9.17, 15) is 4.79 Å². The van der Waals surface area contributed by atoms with E-state index in [1.54, 1.807) is 0 Å². The maximum absolute atomic E-state index is 12.1.